The molecule has 1 aliphatic rings. The fourth-order valence-electron chi connectivity index (χ4n) is 2.17. The molecule has 1 amide bonds. The second-order valence-electron chi connectivity index (χ2n) is 4.81. The van der Waals surface area contributed by atoms with Gasteiger partial charge < -0.3 is 14.9 Å². The lowest BCUT2D eigenvalue weighted by Crippen LogP contribution is -2.55. The Hall–Kier alpha value is -2.41. The highest BCUT2D eigenvalue weighted by molar-refractivity contribution is 5.89. The number of methoxy groups -OCH3 is 1. The second-order valence-corrected chi connectivity index (χ2v) is 4.81. The molecule has 118 valence electrons. The van der Waals surface area contributed by atoms with Crippen molar-refractivity contribution >= 4 is 17.8 Å². The summed E-state index contributed by atoms with van der Waals surface area (Å²) in [6.07, 6.45) is 0.300. The van der Waals surface area contributed by atoms with Crippen molar-refractivity contribution in [2.45, 2.75) is 18.9 Å². The van der Waals surface area contributed by atoms with Crippen molar-refractivity contribution in [2.24, 2.45) is 0 Å². The Labute approximate surface area is 128 Å². The maximum atomic E-state index is 12.1. The van der Waals surface area contributed by atoms with E-state index >= 15 is 0 Å². The van der Waals surface area contributed by atoms with Crippen LogP contribution in [0, 0.1) is 0 Å². The first-order valence-electron chi connectivity index (χ1n) is 7.00. The van der Waals surface area contributed by atoms with E-state index < -0.39 is 18.0 Å². The van der Waals surface area contributed by atoms with Crippen molar-refractivity contribution in [3.63, 3.8) is 0 Å². The Kier molecular flexibility index (Phi) is 5.48. The van der Waals surface area contributed by atoms with Crippen LogP contribution >= 0.6 is 0 Å². The van der Waals surface area contributed by atoms with E-state index in [0.717, 1.165) is 0 Å². The zero-order chi connectivity index (χ0) is 15.9. The number of hydrogen-bond donors (Lipinski definition) is 1. The van der Waals surface area contributed by atoms with E-state index in [-0.39, 0.29) is 18.7 Å². The molecule has 1 N–H and O–H groups in total. The van der Waals surface area contributed by atoms with Gasteiger partial charge in [0, 0.05) is 13.0 Å². The lowest BCUT2D eigenvalue weighted by Gasteiger charge is -2.32. The minimum Gasteiger partial charge on any atom is -0.469 e. The molecule has 0 spiro atoms. The number of ether oxygens (including phenoxy) is 1. The summed E-state index contributed by atoms with van der Waals surface area (Å²) < 4.78 is 4.57. The predicted molar refractivity (Wildman–Crippen MR) is 76.6 cm³/mol. The van der Waals surface area contributed by atoms with Gasteiger partial charge in [-0.1, -0.05) is 18.2 Å². The molecule has 2 rings (SSSR count). The Balaban J connectivity index is 2.01. The molecule has 1 unspecified atom stereocenters. The summed E-state index contributed by atoms with van der Waals surface area (Å²) in [5.41, 5.74) is 0.403. The van der Waals surface area contributed by atoms with Crippen LogP contribution in [-0.4, -0.2) is 49.2 Å². The van der Waals surface area contributed by atoms with Crippen LogP contribution in [0.3, 0.4) is 0 Å². The SMILES string of the molecule is COC(=O)CCC1C(=O)NCCN1OC(=O)c1ccccc1. The van der Waals surface area contributed by atoms with Crippen molar-refractivity contribution in [3.8, 4) is 0 Å². The quantitative estimate of drug-likeness (QED) is 0.798. The molecule has 0 bridgehead atoms. The number of esters is 1. The molecule has 1 aliphatic heterocycles. The second kappa shape index (κ2) is 7.56. The van der Waals surface area contributed by atoms with Crippen molar-refractivity contribution < 1.29 is 24.0 Å². The smallest absolute Gasteiger partial charge is 0.357 e. The van der Waals surface area contributed by atoms with Crippen molar-refractivity contribution in [1.29, 1.82) is 0 Å². The molecule has 0 saturated carbocycles. The van der Waals surface area contributed by atoms with Gasteiger partial charge in [0.2, 0.25) is 5.91 Å². The Morgan fingerprint density at radius 3 is 2.73 bits per heavy atom. The van der Waals surface area contributed by atoms with E-state index in [1.807, 2.05) is 0 Å². The number of carbonyl (C=O) groups is 3. The van der Waals surface area contributed by atoms with E-state index in [0.29, 0.717) is 18.7 Å². The molecule has 1 aromatic carbocycles. The van der Waals surface area contributed by atoms with Crippen LogP contribution in [-0.2, 0) is 19.2 Å². The van der Waals surface area contributed by atoms with Gasteiger partial charge in [0.15, 0.2) is 0 Å². The summed E-state index contributed by atoms with van der Waals surface area (Å²) in [7, 11) is 1.29. The van der Waals surface area contributed by atoms with Crippen molar-refractivity contribution in [3.05, 3.63) is 35.9 Å². The molecule has 1 fully saturated rings. The number of nitrogens with one attached hydrogen (secondary N) is 1. The zero-order valence-electron chi connectivity index (χ0n) is 12.3. The van der Waals surface area contributed by atoms with Crippen molar-refractivity contribution in [1.82, 2.24) is 10.4 Å². The summed E-state index contributed by atoms with van der Waals surface area (Å²) >= 11 is 0. The van der Waals surface area contributed by atoms with Gasteiger partial charge in [-0.15, -0.1) is 5.06 Å². The summed E-state index contributed by atoms with van der Waals surface area (Å²) in [6.45, 7) is 0.756. The Bertz CT molecular complexity index is 546. The highest BCUT2D eigenvalue weighted by Crippen LogP contribution is 2.14. The number of nitrogens with zero attached hydrogens (tertiary/aromatic N) is 1. The topological polar surface area (TPSA) is 84.9 Å². The van der Waals surface area contributed by atoms with Gasteiger partial charge in [0.25, 0.3) is 0 Å². The molecule has 1 atom stereocenters. The number of hydroxylamine groups is 2. The summed E-state index contributed by atoms with van der Waals surface area (Å²) in [5.74, 6) is -1.21. The fourth-order valence-corrected chi connectivity index (χ4v) is 2.17. The van der Waals surface area contributed by atoms with Gasteiger partial charge in [-0.2, -0.15) is 0 Å². The number of hydrogen-bond acceptors (Lipinski definition) is 6. The third-order valence-electron chi connectivity index (χ3n) is 3.34. The highest BCUT2D eigenvalue weighted by Gasteiger charge is 2.33. The molecule has 0 aliphatic carbocycles. The molecular formula is C15H18N2O5. The summed E-state index contributed by atoms with van der Waals surface area (Å²) in [6, 6.07) is 7.83. The third kappa shape index (κ3) is 4.05. The number of amides is 1. The lowest BCUT2D eigenvalue weighted by molar-refractivity contribution is -0.168. The number of rotatable bonds is 5. The Morgan fingerprint density at radius 2 is 2.05 bits per heavy atom. The molecule has 7 heteroatoms. The number of piperazine rings is 1. The normalized spacial score (nSPS) is 18.4. The molecule has 7 nitrogen and oxygen atoms in total. The number of benzene rings is 1. The predicted octanol–water partition coefficient (Wildman–Crippen LogP) is 0.512. The summed E-state index contributed by atoms with van der Waals surface area (Å²) in [5, 5.41) is 4.02. The average molecular weight is 306 g/mol. The van der Waals surface area contributed by atoms with E-state index in [1.54, 1.807) is 30.3 Å². The minimum atomic E-state index is -0.694. The van der Waals surface area contributed by atoms with Crippen LogP contribution in [0.5, 0.6) is 0 Å². The van der Waals surface area contributed by atoms with Crippen LogP contribution in [0.25, 0.3) is 0 Å². The monoisotopic (exact) mass is 306 g/mol. The first kappa shape index (κ1) is 16.0. The van der Waals surface area contributed by atoms with Crippen molar-refractivity contribution in [2.75, 3.05) is 20.2 Å². The molecule has 22 heavy (non-hydrogen) atoms. The standard InChI is InChI=1S/C15H18N2O5/c1-21-13(18)8-7-12-14(19)16-9-10-17(12)22-15(20)11-5-3-2-4-6-11/h2-6,12H,7-10H2,1H3,(H,16,19). The maximum absolute atomic E-state index is 12.1. The lowest BCUT2D eigenvalue weighted by atomic mass is 10.1. The first-order chi connectivity index (χ1) is 10.6. The molecule has 1 saturated heterocycles. The van der Waals surface area contributed by atoms with Gasteiger partial charge in [-0.05, 0) is 18.6 Å². The van der Waals surface area contributed by atoms with Gasteiger partial charge in [0.1, 0.15) is 6.04 Å². The first-order valence-corrected chi connectivity index (χ1v) is 7.00. The van der Waals surface area contributed by atoms with E-state index in [9.17, 15) is 14.4 Å². The van der Waals surface area contributed by atoms with Crippen LogP contribution in [0.4, 0.5) is 0 Å². The molecule has 0 aromatic heterocycles. The largest absolute Gasteiger partial charge is 0.469 e. The molecule has 1 heterocycles. The Morgan fingerprint density at radius 1 is 1.32 bits per heavy atom. The minimum absolute atomic E-state index is 0.0774. The van der Waals surface area contributed by atoms with Crippen LogP contribution < -0.4 is 5.32 Å². The summed E-state index contributed by atoms with van der Waals surface area (Å²) in [4.78, 5) is 40.5. The van der Waals surface area contributed by atoms with Crippen LogP contribution in [0.15, 0.2) is 30.3 Å². The number of carbonyl (C=O) groups excluding carboxylic acids is 3. The van der Waals surface area contributed by atoms with Gasteiger partial charge in [-0.25, -0.2) is 4.79 Å². The van der Waals surface area contributed by atoms with Gasteiger partial charge >= 0.3 is 11.9 Å². The maximum Gasteiger partial charge on any atom is 0.357 e. The highest BCUT2D eigenvalue weighted by atomic mass is 16.7. The molecular weight excluding hydrogens is 288 g/mol. The zero-order valence-corrected chi connectivity index (χ0v) is 12.3. The third-order valence-corrected chi connectivity index (χ3v) is 3.34. The van der Waals surface area contributed by atoms with Crippen LogP contribution in [0.2, 0.25) is 0 Å². The molecule has 0 radical (unpaired) electrons. The van der Waals surface area contributed by atoms with Crippen LogP contribution in [0.1, 0.15) is 23.2 Å². The average Bonchev–Trinajstić information content (AvgIpc) is 2.54. The van der Waals surface area contributed by atoms with Gasteiger partial charge in [0.05, 0.1) is 19.2 Å². The van der Waals surface area contributed by atoms with E-state index in [1.165, 1.54) is 12.2 Å². The van der Waals surface area contributed by atoms with E-state index in [2.05, 4.69) is 10.1 Å². The van der Waals surface area contributed by atoms with Gasteiger partial charge in [-0.3, -0.25) is 9.59 Å². The molecule has 1 aromatic rings. The van der Waals surface area contributed by atoms with E-state index in [4.69, 9.17) is 4.84 Å². The fraction of sp³-hybridized carbons (Fsp3) is 0.400.